The van der Waals surface area contributed by atoms with Gasteiger partial charge in [0.25, 0.3) is 0 Å². The maximum atomic E-state index is 12.3. The second-order valence-electron chi connectivity index (χ2n) is 6.53. The third-order valence-corrected chi connectivity index (χ3v) is 4.07. The highest BCUT2D eigenvalue weighted by atomic mass is 16.2. The van der Waals surface area contributed by atoms with Gasteiger partial charge in [0.05, 0.1) is 6.54 Å². The van der Waals surface area contributed by atoms with Gasteiger partial charge in [0, 0.05) is 25.2 Å². The van der Waals surface area contributed by atoms with E-state index in [9.17, 15) is 9.59 Å². The molecule has 1 aliphatic rings. The smallest absolute Gasteiger partial charge is 0.244 e. The highest BCUT2D eigenvalue weighted by molar-refractivity contribution is 5.88. The van der Waals surface area contributed by atoms with Crippen LogP contribution in [0.5, 0.6) is 0 Å². The first-order valence-corrected chi connectivity index (χ1v) is 8.16. The number of likely N-dealkylation sites (tertiary alicyclic amines) is 1. The Kier molecular flexibility index (Phi) is 7.15. The monoisotopic (exact) mass is 297 g/mol. The number of piperidine rings is 1. The molecule has 0 aromatic rings. The summed E-state index contributed by atoms with van der Waals surface area (Å²) in [5, 5.41) is 2.85. The van der Waals surface area contributed by atoms with Crippen LogP contribution >= 0.6 is 0 Å². The van der Waals surface area contributed by atoms with E-state index in [1.54, 1.807) is 6.92 Å². The van der Waals surface area contributed by atoms with Crippen LogP contribution in [0.2, 0.25) is 0 Å². The van der Waals surface area contributed by atoms with E-state index < -0.39 is 6.04 Å². The number of rotatable bonds is 6. The average molecular weight is 297 g/mol. The number of carbonyl (C=O) groups excluding carboxylic acids is 2. The van der Waals surface area contributed by atoms with Crippen molar-refractivity contribution in [3.63, 3.8) is 0 Å². The molecular formula is C16H31N3O2. The molecule has 0 saturated carbocycles. The van der Waals surface area contributed by atoms with Crippen LogP contribution < -0.4 is 5.32 Å². The summed E-state index contributed by atoms with van der Waals surface area (Å²) in [7, 11) is 0. The van der Waals surface area contributed by atoms with E-state index in [2.05, 4.69) is 37.9 Å². The van der Waals surface area contributed by atoms with Gasteiger partial charge in [0.15, 0.2) is 0 Å². The molecule has 21 heavy (non-hydrogen) atoms. The largest absolute Gasteiger partial charge is 0.343 e. The van der Waals surface area contributed by atoms with Gasteiger partial charge in [-0.25, -0.2) is 0 Å². The Hall–Kier alpha value is -1.10. The molecule has 122 valence electrons. The molecule has 5 nitrogen and oxygen atoms in total. The Balaban J connectivity index is 2.47. The van der Waals surface area contributed by atoms with Gasteiger partial charge in [-0.1, -0.05) is 0 Å². The zero-order valence-corrected chi connectivity index (χ0v) is 14.2. The fourth-order valence-corrected chi connectivity index (χ4v) is 2.86. The summed E-state index contributed by atoms with van der Waals surface area (Å²) in [6, 6.07) is 0.185. The summed E-state index contributed by atoms with van der Waals surface area (Å²) in [4.78, 5) is 28.4. The molecule has 1 rings (SSSR count). The van der Waals surface area contributed by atoms with Gasteiger partial charge < -0.3 is 10.2 Å². The molecule has 1 atom stereocenters. The highest BCUT2D eigenvalue weighted by Crippen LogP contribution is 2.10. The van der Waals surface area contributed by atoms with E-state index in [0.717, 1.165) is 25.9 Å². The van der Waals surface area contributed by atoms with E-state index in [1.807, 2.05) is 4.90 Å². The number of nitrogens with zero attached hydrogens (tertiary/aromatic N) is 2. The van der Waals surface area contributed by atoms with Gasteiger partial charge in [-0.15, -0.1) is 0 Å². The van der Waals surface area contributed by atoms with Gasteiger partial charge >= 0.3 is 0 Å². The van der Waals surface area contributed by atoms with Crippen molar-refractivity contribution >= 4 is 11.8 Å². The minimum Gasteiger partial charge on any atom is -0.343 e. The molecule has 0 bridgehead atoms. The van der Waals surface area contributed by atoms with E-state index in [1.165, 1.54) is 6.42 Å². The van der Waals surface area contributed by atoms with Crippen LogP contribution in [0.25, 0.3) is 0 Å². The molecule has 0 spiro atoms. The summed E-state index contributed by atoms with van der Waals surface area (Å²) in [5.74, 6) is -0.0287. The second kappa shape index (κ2) is 8.37. The van der Waals surface area contributed by atoms with Gasteiger partial charge in [-0.3, -0.25) is 14.5 Å². The molecule has 1 aliphatic heterocycles. The van der Waals surface area contributed by atoms with Crippen molar-refractivity contribution in [2.24, 2.45) is 0 Å². The summed E-state index contributed by atoms with van der Waals surface area (Å²) < 4.78 is 0. The van der Waals surface area contributed by atoms with Crippen molar-refractivity contribution in [2.45, 2.75) is 72.0 Å². The van der Waals surface area contributed by atoms with E-state index >= 15 is 0 Å². The van der Waals surface area contributed by atoms with Gasteiger partial charge in [-0.2, -0.15) is 0 Å². The Labute approximate surface area is 129 Å². The van der Waals surface area contributed by atoms with Gasteiger partial charge in [0.1, 0.15) is 6.04 Å². The number of carbonyl (C=O) groups is 2. The molecule has 0 radical (unpaired) electrons. The minimum absolute atomic E-state index is 0.0451. The van der Waals surface area contributed by atoms with E-state index in [4.69, 9.17) is 0 Å². The number of hydrogen-bond donors (Lipinski definition) is 1. The summed E-state index contributed by atoms with van der Waals surface area (Å²) in [6.45, 7) is 12.1. The van der Waals surface area contributed by atoms with Crippen molar-refractivity contribution in [1.29, 1.82) is 0 Å². The average Bonchev–Trinajstić information content (AvgIpc) is 2.44. The maximum absolute atomic E-state index is 12.3. The van der Waals surface area contributed by atoms with Crippen LogP contribution in [0.15, 0.2) is 0 Å². The Bertz CT molecular complexity index is 341. The lowest BCUT2D eigenvalue weighted by molar-refractivity contribution is -0.137. The highest BCUT2D eigenvalue weighted by Gasteiger charge is 2.24. The molecular weight excluding hydrogens is 266 g/mol. The molecule has 1 N–H and O–H groups in total. The minimum atomic E-state index is -0.434. The summed E-state index contributed by atoms with van der Waals surface area (Å²) in [6.07, 6.45) is 3.34. The van der Waals surface area contributed by atoms with Crippen LogP contribution in [-0.2, 0) is 9.59 Å². The standard InChI is InChI=1S/C16H31N3O2/c1-12(2)19(13(3)4)11-15(20)17-14(5)16(21)18-9-7-6-8-10-18/h12-14H,6-11H2,1-5H3,(H,17,20)/t14-/m0/s1. The Morgan fingerprint density at radius 2 is 1.52 bits per heavy atom. The molecule has 0 aromatic carbocycles. The lowest BCUT2D eigenvalue weighted by atomic mass is 10.1. The zero-order valence-electron chi connectivity index (χ0n) is 14.2. The third-order valence-electron chi connectivity index (χ3n) is 4.07. The van der Waals surface area contributed by atoms with Crippen LogP contribution in [0.1, 0.15) is 53.9 Å². The van der Waals surface area contributed by atoms with Gasteiger partial charge in [0.2, 0.25) is 11.8 Å². The predicted octanol–water partition coefficient (Wildman–Crippen LogP) is 1.62. The molecule has 1 saturated heterocycles. The lowest BCUT2D eigenvalue weighted by Crippen LogP contribution is -2.51. The topological polar surface area (TPSA) is 52.7 Å². The molecule has 1 heterocycles. The zero-order chi connectivity index (χ0) is 16.0. The Morgan fingerprint density at radius 1 is 1.00 bits per heavy atom. The number of nitrogens with one attached hydrogen (secondary N) is 1. The van der Waals surface area contributed by atoms with Crippen molar-refractivity contribution in [2.75, 3.05) is 19.6 Å². The fraction of sp³-hybridized carbons (Fsp3) is 0.875. The molecule has 0 aliphatic carbocycles. The number of amides is 2. The lowest BCUT2D eigenvalue weighted by Gasteiger charge is -2.31. The summed E-state index contributed by atoms with van der Waals surface area (Å²) >= 11 is 0. The quantitative estimate of drug-likeness (QED) is 0.810. The first kappa shape index (κ1) is 18.0. The third kappa shape index (κ3) is 5.65. The van der Waals surface area contributed by atoms with Crippen LogP contribution in [0.3, 0.4) is 0 Å². The van der Waals surface area contributed by atoms with Gasteiger partial charge in [-0.05, 0) is 53.9 Å². The molecule has 5 heteroatoms. The number of hydrogen-bond acceptors (Lipinski definition) is 3. The van der Waals surface area contributed by atoms with Crippen LogP contribution in [0, 0.1) is 0 Å². The normalized spacial score (nSPS) is 17.4. The summed E-state index contributed by atoms with van der Waals surface area (Å²) in [5.41, 5.74) is 0. The fourth-order valence-electron chi connectivity index (χ4n) is 2.86. The second-order valence-corrected chi connectivity index (χ2v) is 6.53. The first-order valence-electron chi connectivity index (χ1n) is 8.16. The van der Waals surface area contributed by atoms with Crippen molar-refractivity contribution in [1.82, 2.24) is 15.1 Å². The first-order chi connectivity index (χ1) is 9.82. The van der Waals surface area contributed by atoms with Crippen LogP contribution in [-0.4, -0.2) is 59.4 Å². The predicted molar refractivity (Wildman–Crippen MR) is 85.0 cm³/mol. The van der Waals surface area contributed by atoms with E-state index in [-0.39, 0.29) is 11.8 Å². The molecule has 0 unspecified atom stereocenters. The van der Waals surface area contributed by atoms with Crippen molar-refractivity contribution in [3.8, 4) is 0 Å². The van der Waals surface area contributed by atoms with Crippen molar-refractivity contribution in [3.05, 3.63) is 0 Å². The van der Waals surface area contributed by atoms with Crippen molar-refractivity contribution < 1.29 is 9.59 Å². The SMILES string of the molecule is CC(C)N(CC(=O)N[C@@H](C)C(=O)N1CCCCC1)C(C)C. The molecule has 2 amide bonds. The molecule has 0 aromatic heterocycles. The van der Waals surface area contributed by atoms with E-state index in [0.29, 0.717) is 18.6 Å². The van der Waals surface area contributed by atoms with Crippen LogP contribution in [0.4, 0.5) is 0 Å². The Morgan fingerprint density at radius 3 is 2.00 bits per heavy atom. The molecule has 1 fully saturated rings. The maximum Gasteiger partial charge on any atom is 0.244 e.